The summed E-state index contributed by atoms with van der Waals surface area (Å²) >= 11 is 2.93. The predicted octanol–water partition coefficient (Wildman–Crippen LogP) is 2.68. The molecule has 1 atom stereocenters. The number of nitrogens with two attached hydrogens (primary N) is 1. The van der Waals surface area contributed by atoms with E-state index in [-0.39, 0.29) is 28.2 Å². The molecule has 0 aliphatic carbocycles. The summed E-state index contributed by atoms with van der Waals surface area (Å²) in [5.41, 5.74) is 5.37. The highest BCUT2D eigenvalue weighted by molar-refractivity contribution is 9.10. The SMILES string of the molecule is Cl.N[C@@H](CF)c1cc(F)cc(Br)c1O. The van der Waals surface area contributed by atoms with Crippen LogP contribution in [0, 0.1) is 5.82 Å². The molecule has 3 N–H and O–H groups in total. The molecule has 0 saturated carbocycles. The minimum Gasteiger partial charge on any atom is -0.506 e. The molecule has 6 heteroatoms. The van der Waals surface area contributed by atoms with Crippen LogP contribution in [0.25, 0.3) is 0 Å². The number of benzene rings is 1. The molecule has 14 heavy (non-hydrogen) atoms. The van der Waals surface area contributed by atoms with Crippen LogP contribution in [-0.4, -0.2) is 11.8 Å². The van der Waals surface area contributed by atoms with Gasteiger partial charge in [0.1, 0.15) is 18.2 Å². The van der Waals surface area contributed by atoms with E-state index in [4.69, 9.17) is 5.73 Å². The van der Waals surface area contributed by atoms with Crippen LogP contribution in [0.3, 0.4) is 0 Å². The van der Waals surface area contributed by atoms with Crippen LogP contribution in [0.2, 0.25) is 0 Å². The van der Waals surface area contributed by atoms with Crippen LogP contribution in [0.1, 0.15) is 11.6 Å². The van der Waals surface area contributed by atoms with E-state index in [0.29, 0.717) is 0 Å². The molecule has 0 fully saturated rings. The van der Waals surface area contributed by atoms with Gasteiger partial charge in [0.25, 0.3) is 0 Å². The standard InChI is InChI=1S/C8H8BrF2NO.ClH/c9-6-2-4(11)1-5(8(6)13)7(12)3-10;/h1-2,7,13H,3,12H2;1H/t7-;/m0./s1. The monoisotopic (exact) mass is 287 g/mol. The molecular weight excluding hydrogens is 279 g/mol. The summed E-state index contributed by atoms with van der Waals surface area (Å²) in [6.07, 6.45) is 0. The van der Waals surface area contributed by atoms with E-state index in [1.807, 2.05) is 0 Å². The maximum Gasteiger partial charge on any atom is 0.134 e. The van der Waals surface area contributed by atoms with Crippen LogP contribution in [0.4, 0.5) is 8.78 Å². The fourth-order valence-corrected chi connectivity index (χ4v) is 1.40. The fraction of sp³-hybridized carbons (Fsp3) is 0.250. The second-order valence-corrected chi connectivity index (χ2v) is 3.44. The van der Waals surface area contributed by atoms with Crippen molar-refractivity contribution in [2.45, 2.75) is 6.04 Å². The smallest absolute Gasteiger partial charge is 0.134 e. The van der Waals surface area contributed by atoms with E-state index in [2.05, 4.69) is 15.9 Å². The van der Waals surface area contributed by atoms with E-state index >= 15 is 0 Å². The summed E-state index contributed by atoms with van der Waals surface area (Å²) in [6.45, 7) is -0.844. The Morgan fingerprint density at radius 1 is 1.50 bits per heavy atom. The summed E-state index contributed by atoms with van der Waals surface area (Å²) in [5, 5.41) is 9.36. The van der Waals surface area contributed by atoms with Crippen LogP contribution in [-0.2, 0) is 0 Å². The highest BCUT2D eigenvalue weighted by atomic mass is 79.9. The second kappa shape index (κ2) is 5.48. The van der Waals surface area contributed by atoms with Crippen molar-refractivity contribution in [2.24, 2.45) is 5.73 Å². The maximum absolute atomic E-state index is 12.8. The Hall–Kier alpha value is -0.390. The van der Waals surface area contributed by atoms with Gasteiger partial charge in [0, 0.05) is 5.56 Å². The molecule has 0 aliphatic heterocycles. The van der Waals surface area contributed by atoms with Crippen LogP contribution in [0.5, 0.6) is 5.75 Å². The van der Waals surface area contributed by atoms with Gasteiger partial charge in [0.2, 0.25) is 0 Å². The number of hydrogen-bond donors (Lipinski definition) is 2. The Kier molecular flexibility index (Phi) is 5.33. The Morgan fingerprint density at radius 2 is 2.07 bits per heavy atom. The molecule has 0 unspecified atom stereocenters. The predicted molar refractivity (Wildman–Crippen MR) is 55.9 cm³/mol. The number of phenolic OH excluding ortho intramolecular Hbond substituents is 1. The van der Waals surface area contributed by atoms with Gasteiger partial charge in [-0.2, -0.15) is 0 Å². The lowest BCUT2D eigenvalue weighted by molar-refractivity contribution is 0.411. The van der Waals surface area contributed by atoms with Gasteiger partial charge in [-0.25, -0.2) is 8.78 Å². The first-order valence-electron chi connectivity index (χ1n) is 3.55. The molecular formula is C8H9BrClF2NO. The molecule has 0 aromatic heterocycles. The second-order valence-electron chi connectivity index (χ2n) is 2.59. The van der Waals surface area contributed by atoms with Crippen LogP contribution >= 0.6 is 28.3 Å². The number of aromatic hydroxyl groups is 1. The highest BCUT2D eigenvalue weighted by Gasteiger charge is 2.14. The van der Waals surface area contributed by atoms with Gasteiger partial charge >= 0.3 is 0 Å². The minimum absolute atomic E-state index is 0. The van der Waals surface area contributed by atoms with E-state index in [0.717, 1.165) is 12.1 Å². The van der Waals surface area contributed by atoms with Gasteiger partial charge in [0.05, 0.1) is 10.5 Å². The molecule has 2 nitrogen and oxygen atoms in total. The van der Waals surface area contributed by atoms with Gasteiger partial charge in [0.15, 0.2) is 0 Å². The summed E-state index contributed by atoms with van der Waals surface area (Å²) < 4.78 is 25.1. The van der Waals surface area contributed by atoms with Gasteiger partial charge in [-0.05, 0) is 28.1 Å². The molecule has 0 amide bonds. The highest BCUT2D eigenvalue weighted by Crippen LogP contribution is 2.32. The van der Waals surface area contributed by atoms with Crippen LogP contribution < -0.4 is 5.73 Å². The fourth-order valence-electron chi connectivity index (χ4n) is 0.952. The van der Waals surface area contributed by atoms with Gasteiger partial charge in [-0.3, -0.25) is 0 Å². The Balaban J connectivity index is 0.00000169. The largest absolute Gasteiger partial charge is 0.506 e. The van der Waals surface area contributed by atoms with Crippen molar-refractivity contribution >= 4 is 28.3 Å². The van der Waals surface area contributed by atoms with Crippen molar-refractivity contribution in [2.75, 3.05) is 6.67 Å². The summed E-state index contributed by atoms with van der Waals surface area (Å²) in [5.74, 6) is -0.782. The molecule has 0 spiro atoms. The van der Waals surface area contributed by atoms with E-state index < -0.39 is 18.5 Å². The number of halogens is 4. The first kappa shape index (κ1) is 13.6. The van der Waals surface area contributed by atoms with Gasteiger partial charge in [-0.15, -0.1) is 12.4 Å². The third-order valence-electron chi connectivity index (χ3n) is 1.62. The summed E-state index contributed by atoms with van der Waals surface area (Å²) in [7, 11) is 0. The topological polar surface area (TPSA) is 46.2 Å². The maximum atomic E-state index is 12.8. The molecule has 1 aromatic rings. The summed E-state index contributed by atoms with van der Waals surface area (Å²) in [4.78, 5) is 0. The molecule has 1 aromatic carbocycles. The average Bonchev–Trinajstić information content (AvgIpc) is 2.10. The minimum atomic E-state index is -0.994. The molecule has 1 rings (SSSR count). The van der Waals surface area contributed by atoms with Crippen molar-refractivity contribution in [1.29, 1.82) is 0 Å². The van der Waals surface area contributed by atoms with Crippen LogP contribution in [0.15, 0.2) is 16.6 Å². The van der Waals surface area contributed by atoms with Crippen molar-refractivity contribution in [3.05, 3.63) is 28.0 Å². The van der Waals surface area contributed by atoms with Gasteiger partial charge in [-0.1, -0.05) is 0 Å². The first-order chi connectivity index (χ1) is 6.06. The zero-order chi connectivity index (χ0) is 10.0. The lowest BCUT2D eigenvalue weighted by Gasteiger charge is -2.10. The average molecular weight is 289 g/mol. The normalized spacial score (nSPS) is 12.0. The van der Waals surface area contributed by atoms with E-state index in [1.54, 1.807) is 0 Å². The molecule has 0 aliphatic rings. The first-order valence-corrected chi connectivity index (χ1v) is 4.35. The number of hydrogen-bond acceptors (Lipinski definition) is 2. The van der Waals surface area contributed by atoms with Crippen molar-refractivity contribution in [3.63, 3.8) is 0 Å². The number of phenols is 1. The Morgan fingerprint density at radius 3 is 2.57 bits per heavy atom. The Labute approximate surface area is 94.6 Å². The van der Waals surface area contributed by atoms with Crippen molar-refractivity contribution < 1.29 is 13.9 Å². The van der Waals surface area contributed by atoms with Crippen molar-refractivity contribution in [3.8, 4) is 5.75 Å². The summed E-state index contributed by atoms with van der Waals surface area (Å²) in [6, 6.07) is 1.11. The van der Waals surface area contributed by atoms with E-state index in [9.17, 15) is 13.9 Å². The molecule has 0 bridgehead atoms. The quantitative estimate of drug-likeness (QED) is 0.879. The lowest BCUT2D eigenvalue weighted by Crippen LogP contribution is -2.12. The van der Waals surface area contributed by atoms with E-state index in [1.165, 1.54) is 0 Å². The number of rotatable bonds is 2. The third-order valence-corrected chi connectivity index (χ3v) is 2.23. The molecule has 80 valence electrons. The third kappa shape index (κ3) is 2.80. The molecule has 0 heterocycles. The van der Waals surface area contributed by atoms with Gasteiger partial charge < -0.3 is 10.8 Å². The number of alkyl halides is 1. The molecule has 0 radical (unpaired) electrons. The van der Waals surface area contributed by atoms with Crippen molar-refractivity contribution in [1.82, 2.24) is 0 Å². The zero-order valence-electron chi connectivity index (χ0n) is 7.01. The zero-order valence-corrected chi connectivity index (χ0v) is 9.41. The Bertz CT molecular complexity index is 324. The lowest BCUT2D eigenvalue weighted by atomic mass is 10.1. The molecule has 0 saturated heterocycles.